The molecule has 8 fully saturated rings. The van der Waals surface area contributed by atoms with Crippen LogP contribution in [-0.4, -0.2) is 0 Å². The molecule has 9 aliphatic rings. The smallest absolute Gasteiger partial charge is 0.0465 e. The summed E-state index contributed by atoms with van der Waals surface area (Å²) in [5, 5.41) is 2.79. The maximum absolute atomic E-state index is 2.58. The molecule has 55 heavy (non-hydrogen) atoms. The SMILES string of the molecule is CC1(C)c2cc(N(c3ccc(C45CC6CC(CC(C6)C4)C5)cc3)c3ccc(C45CC6CC(CC(C6)C4)C5)cc3)ccc2-c2cc3sc4ccccc4c3cc21. The quantitative estimate of drug-likeness (QED) is 0.170. The van der Waals surface area contributed by atoms with Gasteiger partial charge in [-0.1, -0.05) is 62.4 Å². The van der Waals surface area contributed by atoms with Gasteiger partial charge in [-0.25, -0.2) is 0 Å². The van der Waals surface area contributed by atoms with Crippen molar-refractivity contribution < 1.29 is 0 Å². The third-order valence-corrected chi connectivity index (χ3v) is 18.1. The fraction of sp³-hybridized carbons (Fsp3) is 0.434. The lowest BCUT2D eigenvalue weighted by Crippen LogP contribution is -2.48. The van der Waals surface area contributed by atoms with Crippen LogP contribution < -0.4 is 4.90 Å². The molecule has 0 atom stereocenters. The predicted molar refractivity (Wildman–Crippen MR) is 231 cm³/mol. The van der Waals surface area contributed by atoms with Crippen LogP contribution in [-0.2, 0) is 16.2 Å². The van der Waals surface area contributed by atoms with Crippen LogP contribution in [0.5, 0.6) is 0 Å². The number of benzene rings is 5. The summed E-state index contributed by atoms with van der Waals surface area (Å²) in [5.41, 5.74) is 13.5. The molecule has 2 heteroatoms. The highest BCUT2D eigenvalue weighted by molar-refractivity contribution is 7.25. The van der Waals surface area contributed by atoms with Gasteiger partial charge >= 0.3 is 0 Å². The van der Waals surface area contributed by atoms with E-state index in [2.05, 4.69) is 122 Å². The van der Waals surface area contributed by atoms with Gasteiger partial charge in [0.15, 0.2) is 0 Å². The van der Waals surface area contributed by atoms with Crippen LogP contribution in [0.1, 0.15) is 113 Å². The lowest BCUT2D eigenvalue weighted by atomic mass is 9.48. The van der Waals surface area contributed by atoms with E-state index in [1.54, 1.807) is 11.1 Å². The summed E-state index contributed by atoms with van der Waals surface area (Å²) < 4.78 is 2.78. The molecule has 8 bridgehead atoms. The van der Waals surface area contributed by atoms with Crippen molar-refractivity contribution in [2.75, 3.05) is 4.90 Å². The van der Waals surface area contributed by atoms with E-state index in [9.17, 15) is 0 Å². The fourth-order valence-electron chi connectivity index (χ4n) is 15.4. The molecule has 0 N–H and O–H groups in total. The van der Waals surface area contributed by atoms with Crippen LogP contribution in [0.4, 0.5) is 17.1 Å². The number of anilines is 3. The molecular weight excluding hydrogens is 683 g/mol. The zero-order valence-corrected chi connectivity index (χ0v) is 33.4. The summed E-state index contributed by atoms with van der Waals surface area (Å²) in [5.74, 6) is 5.77. The maximum Gasteiger partial charge on any atom is 0.0465 e. The largest absolute Gasteiger partial charge is 0.310 e. The molecule has 15 rings (SSSR count). The predicted octanol–water partition coefficient (Wildman–Crippen LogP) is 14.8. The molecule has 0 spiro atoms. The van der Waals surface area contributed by atoms with Crippen molar-refractivity contribution in [3.63, 3.8) is 0 Å². The second-order valence-corrected chi connectivity index (χ2v) is 21.8. The van der Waals surface area contributed by atoms with Gasteiger partial charge < -0.3 is 4.90 Å². The monoisotopic (exact) mass is 735 g/mol. The fourth-order valence-corrected chi connectivity index (χ4v) is 16.5. The molecular formula is C53H53NS. The normalized spacial score (nSPS) is 33.1. The van der Waals surface area contributed by atoms with Crippen molar-refractivity contribution in [3.8, 4) is 11.1 Å². The molecule has 276 valence electrons. The van der Waals surface area contributed by atoms with Crippen molar-refractivity contribution in [1.82, 2.24) is 0 Å². The average molecular weight is 736 g/mol. The summed E-state index contributed by atoms with van der Waals surface area (Å²) >= 11 is 1.93. The molecule has 9 aliphatic carbocycles. The van der Waals surface area contributed by atoms with Gasteiger partial charge in [0, 0.05) is 42.6 Å². The number of hydrogen-bond acceptors (Lipinski definition) is 2. The van der Waals surface area contributed by atoms with Crippen LogP contribution in [0, 0.1) is 35.5 Å². The standard InChI is InChI=1S/C53H53NS/c1-51(2)47-23-42(15-16-43(47)45-25-50-46(24-48(45)51)44-5-3-4-6-49(44)55-50)54(40-11-7-38(8-12-40)52-26-32-17-33(27-52)19-34(18-32)28-52)41-13-9-39(10-14-41)53-29-35-20-36(30-53)22-37(21-35)31-53/h3-16,23-25,32-37H,17-22,26-31H2,1-2H3. The third-order valence-electron chi connectivity index (χ3n) is 17.0. The molecule has 0 amide bonds. The molecule has 0 saturated heterocycles. The van der Waals surface area contributed by atoms with Crippen molar-refractivity contribution in [2.45, 2.75) is 107 Å². The molecule has 0 radical (unpaired) electrons. The van der Waals surface area contributed by atoms with E-state index in [0.717, 1.165) is 35.5 Å². The molecule has 1 aromatic heterocycles. The Balaban J connectivity index is 0.912. The third kappa shape index (κ3) is 4.64. The van der Waals surface area contributed by atoms with E-state index >= 15 is 0 Å². The molecule has 1 heterocycles. The highest BCUT2D eigenvalue weighted by Crippen LogP contribution is 2.62. The Morgan fingerprint density at radius 1 is 0.455 bits per heavy atom. The van der Waals surface area contributed by atoms with Crippen molar-refractivity contribution >= 4 is 48.6 Å². The van der Waals surface area contributed by atoms with Gasteiger partial charge in [0.05, 0.1) is 0 Å². The van der Waals surface area contributed by atoms with E-state index in [-0.39, 0.29) is 5.41 Å². The van der Waals surface area contributed by atoms with Crippen LogP contribution in [0.25, 0.3) is 31.3 Å². The van der Waals surface area contributed by atoms with Gasteiger partial charge in [-0.2, -0.15) is 0 Å². The Labute approximate surface area is 331 Å². The summed E-state index contributed by atoms with van der Waals surface area (Å²) in [6.07, 6.45) is 17.5. The van der Waals surface area contributed by atoms with E-state index in [0.29, 0.717) is 10.8 Å². The highest BCUT2D eigenvalue weighted by atomic mass is 32.1. The van der Waals surface area contributed by atoms with Gasteiger partial charge in [-0.05, 0) is 211 Å². The van der Waals surface area contributed by atoms with Crippen LogP contribution in [0.3, 0.4) is 0 Å². The number of fused-ring (bicyclic) bond motifs is 6. The van der Waals surface area contributed by atoms with Gasteiger partial charge in [-0.3, -0.25) is 0 Å². The molecule has 8 saturated carbocycles. The van der Waals surface area contributed by atoms with Gasteiger partial charge in [-0.15, -0.1) is 11.3 Å². The first-order valence-corrected chi connectivity index (χ1v) is 22.7. The lowest BCUT2D eigenvalue weighted by molar-refractivity contribution is -0.00529. The first-order valence-electron chi connectivity index (χ1n) is 21.9. The molecule has 1 nitrogen and oxygen atoms in total. The summed E-state index contributed by atoms with van der Waals surface area (Å²) in [6.45, 7) is 4.90. The van der Waals surface area contributed by atoms with Crippen molar-refractivity contribution in [3.05, 3.63) is 125 Å². The minimum absolute atomic E-state index is 0.0890. The first-order chi connectivity index (χ1) is 26.8. The molecule has 6 aromatic rings. The van der Waals surface area contributed by atoms with Crippen LogP contribution >= 0.6 is 11.3 Å². The van der Waals surface area contributed by atoms with Crippen LogP contribution in [0.15, 0.2) is 103 Å². The molecule has 0 aliphatic heterocycles. The minimum atomic E-state index is -0.0890. The maximum atomic E-state index is 2.58. The second kappa shape index (κ2) is 11.2. The summed E-state index contributed by atoms with van der Waals surface area (Å²) in [7, 11) is 0. The van der Waals surface area contributed by atoms with E-state index in [4.69, 9.17) is 0 Å². The Morgan fingerprint density at radius 2 is 0.927 bits per heavy atom. The highest BCUT2D eigenvalue weighted by Gasteiger charge is 2.53. The Kier molecular flexibility index (Phi) is 6.54. The topological polar surface area (TPSA) is 3.24 Å². The van der Waals surface area contributed by atoms with Crippen LogP contribution in [0.2, 0.25) is 0 Å². The Morgan fingerprint density at radius 3 is 1.45 bits per heavy atom. The Bertz CT molecular complexity index is 2370. The Hall–Kier alpha value is -3.88. The number of thiophene rings is 1. The number of hydrogen-bond donors (Lipinski definition) is 0. The van der Waals surface area contributed by atoms with Gasteiger partial charge in [0.2, 0.25) is 0 Å². The second-order valence-electron chi connectivity index (χ2n) is 20.7. The molecule has 0 unspecified atom stereocenters. The van der Waals surface area contributed by atoms with E-state index in [1.165, 1.54) is 137 Å². The number of rotatable bonds is 5. The van der Waals surface area contributed by atoms with E-state index < -0.39 is 0 Å². The summed E-state index contributed by atoms with van der Waals surface area (Å²) in [6, 6.07) is 41.4. The zero-order valence-electron chi connectivity index (χ0n) is 32.6. The molecule has 5 aromatic carbocycles. The minimum Gasteiger partial charge on any atom is -0.310 e. The zero-order chi connectivity index (χ0) is 36.3. The lowest BCUT2D eigenvalue weighted by Gasteiger charge is -2.57. The average Bonchev–Trinajstić information content (AvgIpc) is 3.64. The van der Waals surface area contributed by atoms with Gasteiger partial charge in [0.25, 0.3) is 0 Å². The first kappa shape index (κ1) is 32.2. The number of nitrogens with zero attached hydrogens (tertiary/aromatic N) is 1. The van der Waals surface area contributed by atoms with Crippen molar-refractivity contribution in [2.24, 2.45) is 35.5 Å². The summed E-state index contributed by atoms with van der Waals surface area (Å²) in [4.78, 5) is 2.58. The van der Waals surface area contributed by atoms with Gasteiger partial charge in [0.1, 0.15) is 0 Å². The van der Waals surface area contributed by atoms with E-state index in [1.807, 2.05) is 11.3 Å². The van der Waals surface area contributed by atoms with Crippen molar-refractivity contribution in [1.29, 1.82) is 0 Å².